The maximum atomic E-state index is 14.7. The van der Waals surface area contributed by atoms with Gasteiger partial charge in [0.15, 0.2) is 28.7 Å². The number of Topliss-reactive ketones (excluding diaryl/α,β-unsaturated/α-hetero) is 4. The van der Waals surface area contributed by atoms with Gasteiger partial charge in [0.2, 0.25) is 22.9 Å². The second-order valence-corrected chi connectivity index (χ2v) is 38.8. The molecule has 23 nitrogen and oxygen atoms in total. The van der Waals surface area contributed by atoms with E-state index in [0.717, 1.165) is 209 Å². The van der Waals surface area contributed by atoms with Crippen molar-refractivity contribution in [3.63, 3.8) is 0 Å². The monoisotopic (exact) mass is 2050 g/mol. The number of hydrogen-bond donors (Lipinski definition) is 4. The maximum Gasteiger partial charge on any atom is 0.333 e. The number of nitrogens with zero attached hydrogens (tertiary/aromatic N) is 3. The summed E-state index contributed by atoms with van der Waals surface area (Å²) in [6, 6.07) is 14.6. The third kappa shape index (κ3) is 54.3. The Morgan fingerprint density at radius 1 is 0.439 bits per heavy atom. The van der Waals surface area contributed by atoms with E-state index in [9.17, 15) is 84.3 Å². The summed E-state index contributed by atoms with van der Waals surface area (Å²) in [6.07, 6.45) is 43.8. The van der Waals surface area contributed by atoms with Crippen molar-refractivity contribution in [2.24, 2.45) is 0 Å². The molecule has 0 radical (unpaired) electrons. The molecule has 9 unspecified atom stereocenters. The van der Waals surface area contributed by atoms with E-state index in [4.69, 9.17) is 24.5 Å². The zero-order valence-electron chi connectivity index (χ0n) is 88.2. The molecule has 2 aromatic rings. The fraction of sp³-hybridized carbons (Fsp3) is 0.625. The lowest BCUT2D eigenvalue weighted by molar-refractivity contribution is -0.197. The number of unbranched alkanes of at least 4 members (excludes halogenated alkanes) is 4. The number of carbonyl (C=O) groups is 13. The summed E-state index contributed by atoms with van der Waals surface area (Å²) < 4.78 is 81.8. The van der Waals surface area contributed by atoms with E-state index in [0.29, 0.717) is 127 Å². The minimum absolute atomic E-state index is 0.0345. The van der Waals surface area contributed by atoms with Gasteiger partial charge in [-0.2, -0.15) is 0 Å². The highest BCUT2D eigenvalue weighted by Crippen LogP contribution is 2.31. The summed E-state index contributed by atoms with van der Waals surface area (Å²) in [5.41, 5.74) is -5.37. The highest BCUT2D eigenvalue weighted by molar-refractivity contribution is 6.13. The van der Waals surface area contributed by atoms with Crippen LogP contribution in [-0.4, -0.2) is 187 Å². The summed E-state index contributed by atoms with van der Waals surface area (Å²) in [5, 5.41) is 23.2. The number of aliphatic hydroxyl groups is 1. The maximum absolute atomic E-state index is 14.7. The van der Waals surface area contributed by atoms with Crippen LogP contribution in [0.2, 0.25) is 0 Å². The number of benzene rings is 2. The number of aliphatic hydroxyl groups excluding tert-OH is 1. The van der Waals surface area contributed by atoms with Crippen LogP contribution in [0.3, 0.4) is 0 Å². The molecule has 0 bridgehead atoms. The molecule has 1 fully saturated rings. The van der Waals surface area contributed by atoms with Crippen LogP contribution in [0.1, 0.15) is 414 Å². The first kappa shape index (κ1) is 127. The van der Waals surface area contributed by atoms with Crippen molar-refractivity contribution in [2.45, 2.75) is 448 Å². The Balaban J connectivity index is 0.000000296. The fourth-order valence-corrected chi connectivity index (χ4v) is 16.5. The van der Waals surface area contributed by atoms with E-state index in [2.05, 4.69) is 124 Å². The number of hydrogen-bond acceptors (Lipinski definition) is 17. The van der Waals surface area contributed by atoms with E-state index < -0.39 is 69.7 Å². The van der Waals surface area contributed by atoms with Gasteiger partial charge < -0.3 is 44.9 Å². The van der Waals surface area contributed by atoms with Crippen LogP contribution in [0.5, 0.6) is 0 Å². The van der Waals surface area contributed by atoms with Crippen LogP contribution < -0.4 is 10.6 Å². The predicted molar refractivity (Wildman–Crippen MR) is 560 cm³/mol. The molecule has 11 aliphatic rings. The first-order valence-corrected chi connectivity index (χ1v) is 53.6. The number of alkyl halides is 5. The number of ether oxygens (including phenoxy) is 2. The number of ketones is 4. The van der Waals surface area contributed by atoms with Crippen molar-refractivity contribution in [1.29, 1.82) is 0 Å². The minimum Gasteiger partial charge on any atom is -0.480 e. The van der Waals surface area contributed by atoms with Crippen molar-refractivity contribution in [3.05, 3.63) is 82.9 Å². The molecule has 0 spiro atoms. The standard InChI is InChI=1S/C19H25FN2O5.C17H19FO.C17H20O2.C14H22FNO.C12H13NO2.C12H17NO2.C11H15FO3.C10H13FO.C8H12O/c20-19(12-6-2-1-3-7-13-19)18(26)21-14-8-4-5-9-17(25)27-22-15(23)10-11-16(22)24;1-14(19)16-9-7-15(8-10-16)13-17(18)11-5-3-2-4-6-12-17;1-14(18)16-11-9-15(10-12-16)13-19-17-7-5-3-2-4-6-8-17;1-2-3-9-12-16-13(17)14(15)10-7-5-4-6-8-11-14;14-11-8-9-12(15)13(11)10-6-4-2-1-3-5-7-10;1-11(14)7-8-12(15)13-9-5-3-2-4-6-10-13;1-11(12)6-3-2-4-9(5-7-11)15-8-10(13)14;1-9(12)10(11)7-5-3-2-4-6-8-10;9-8-6-4-2-1-3-5-7-8/h1-6,8-12,14H2,(H,21,26);7-10H,2-5,11,13H2,1H3;9-12,17H,2-5,7,13H2,1H3;2-7,9-10,12H2,1H3,(H,16,17);8-10H,1-4,6H2;3,5-10H2,1H3;9H,2,4-5,7-8H2,1H3,(H,13,14);2-5,7H2,1H3;8-9H,1-4,6H2. The van der Waals surface area contributed by atoms with Crippen molar-refractivity contribution in [3.8, 4) is 107 Å². The molecule has 1 saturated heterocycles. The van der Waals surface area contributed by atoms with E-state index in [1.807, 2.05) is 41.3 Å². The Kier molecular flexibility index (Phi) is 61.9. The van der Waals surface area contributed by atoms with Crippen LogP contribution in [-0.2, 0) is 80.1 Å². The highest BCUT2D eigenvalue weighted by Gasteiger charge is 2.40. The van der Waals surface area contributed by atoms with E-state index in [1.165, 1.54) is 76.9 Å². The SMILES string of the molecule is CC(=O)C1(F)C#CCCCCC1.CC(=O)CCC(=O)N1CCC#CCCC1.CC(=O)c1ccc(CC2(F)C#CCCCCC2)cc1.CC(=O)c1ccc(COC2C#CCCCCC2)cc1.CC1(F)C#CCCC(OCC(=O)O)CC1.CCCCCNC(=O)C1(F)C#CCCCCC1.O=C(CCCCCNC(=O)C1(F)C#CCCCCC1)ON1C(=O)CCC1=O.O=C1C=CC(=O)N1C1C#CCCCCC1.OC1C#CCCCCC1. The molecule has 2 aromatic carbocycles. The first-order valence-electron chi connectivity index (χ1n) is 53.6. The number of carboxylic acids is 1. The van der Waals surface area contributed by atoms with Gasteiger partial charge >= 0.3 is 11.9 Å². The number of amides is 7. The lowest BCUT2D eigenvalue weighted by Crippen LogP contribution is -2.43. The molecule has 9 atom stereocenters. The molecular formula is C120H156F5N5O18. The van der Waals surface area contributed by atoms with Crippen LogP contribution in [0, 0.1) is 107 Å². The number of aliphatic carboxylic acids is 1. The first-order chi connectivity index (χ1) is 71.0. The average molecular weight is 2050 g/mol. The number of rotatable bonds is 28. The summed E-state index contributed by atoms with van der Waals surface area (Å²) in [4.78, 5) is 155. The molecule has 804 valence electrons. The summed E-state index contributed by atoms with van der Waals surface area (Å²) >= 11 is 0. The quantitative estimate of drug-likeness (QED) is 0.0202. The van der Waals surface area contributed by atoms with Gasteiger partial charge in [-0.1, -0.05) is 203 Å². The van der Waals surface area contributed by atoms with Gasteiger partial charge in [-0.05, 0) is 200 Å². The van der Waals surface area contributed by atoms with E-state index >= 15 is 0 Å². The lowest BCUT2D eigenvalue weighted by atomic mass is 9.89. The van der Waals surface area contributed by atoms with Crippen LogP contribution in [0.15, 0.2) is 60.7 Å². The van der Waals surface area contributed by atoms with Crippen molar-refractivity contribution < 1.29 is 109 Å². The highest BCUT2D eigenvalue weighted by atomic mass is 19.2. The Bertz CT molecular complexity index is 5250. The van der Waals surface area contributed by atoms with Crippen molar-refractivity contribution >= 4 is 76.4 Å². The predicted octanol–water partition coefficient (Wildman–Crippen LogP) is 20.7. The molecule has 3 aliphatic heterocycles. The molecule has 13 rings (SSSR count). The summed E-state index contributed by atoms with van der Waals surface area (Å²) in [6.45, 7) is 12.0. The molecule has 28 heteroatoms. The molecule has 8 aliphatic carbocycles. The van der Waals surface area contributed by atoms with Crippen LogP contribution in [0.25, 0.3) is 0 Å². The third-order valence-electron chi connectivity index (χ3n) is 25.6. The van der Waals surface area contributed by atoms with Gasteiger partial charge in [-0.3, -0.25) is 52.8 Å². The lowest BCUT2D eigenvalue weighted by Gasteiger charge is -2.22. The minimum atomic E-state index is -2.11. The number of nitrogens with one attached hydrogen (secondary N) is 2. The van der Waals surface area contributed by atoms with Gasteiger partial charge in [0.05, 0.1) is 12.7 Å². The molecule has 0 aromatic heterocycles. The average Bonchev–Trinajstić information content (AvgIpc) is 1.48. The third-order valence-corrected chi connectivity index (χ3v) is 25.6. The van der Waals surface area contributed by atoms with Crippen molar-refractivity contribution in [1.82, 2.24) is 25.5 Å². The second-order valence-electron chi connectivity index (χ2n) is 38.8. The van der Waals surface area contributed by atoms with Gasteiger partial charge in [0.25, 0.3) is 35.4 Å². The largest absolute Gasteiger partial charge is 0.480 e. The zero-order chi connectivity index (χ0) is 108. The summed E-state index contributed by atoms with van der Waals surface area (Å²) in [7, 11) is 0. The number of halogens is 5. The molecule has 4 N–H and O–H groups in total. The molecular weight excluding hydrogens is 1890 g/mol. The Morgan fingerprint density at radius 2 is 0.912 bits per heavy atom. The number of hydroxylamine groups is 2. The van der Waals surface area contributed by atoms with Gasteiger partial charge in [0, 0.05) is 171 Å². The van der Waals surface area contributed by atoms with Gasteiger partial charge in [-0.25, -0.2) is 31.5 Å². The molecule has 148 heavy (non-hydrogen) atoms. The summed E-state index contributed by atoms with van der Waals surface area (Å²) in [5.74, 6) is 46.4. The fourth-order valence-electron chi connectivity index (χ4n) is 16.5. The number of carbonyl (C=O) groups excluding carboxylic acids is 12. The topological polar surface area (TPSA) is 324 Å². The Morgan fingerprint density at radius 3 is 1.45 bits per heavy atom. The Hall–Kier alpha value is -11.9. The van der Waals surface area contributed by atoms with E-state index in [-0.39, 0.29) is 105 Å². The van der Waals surface area contributed by atoms with Gasteiger partial charge in [-0.15, -0.1) is 34.7 Å². The normalized spacial score (nSPS) is 23.7. The van der Waals surface area contributed by atoms with Crippen molar-refractivity contribution in [2.75, 3.05) is 32.8 Å². The second kappa shape index (κ2) is 72.4. The van der Waals surface area contributed by atoms with Crippen LogP contribution in [0.4, 0.5) is 22.0 Å². The molecule has 7 amide bonds. The zero-order valence-corrected chi connectivity index (χ0v) is 88.2. The van der Waals surface area contributed by atoms with Crippen LogP contribution >= 0.6 is 0 Å². The number of imide groups is 2. The number of carboxylic acid groups (broad SMARTS) is 1. The Labute approximate surface area is 875 Å². The van der Waals surface area contributed by atoms with E-state index in [1.54, 1.807) is 19.1 Å². The molecule has 3 heterocycles. The molecule has 0 saturated carbocycles. The smallest absolute Gasteiger partial charge is 0.333 e. The van der Waals surface area contributed by atoms with Gasteiger partial charge in [0.1, 0.15) is 30.6 Å².